The molecule has 0 aromatic carbocycles. The molecule has 2 rings (SSSR count). The van der Waals surface area contributed by atoms with Gasteiger partial charge in [0, 0.05) is 17.5 Å². The third kappa shape index (κ3) is 1.32. The van der Waals surface area contributed by atoms with Crippen molar-refractivity contribution < 1.29 is 0 Å². The Morgan fingerprint density at radius 2 is 2.36 bits per heavy atom. The van der Waals surface area contributed by atoms with Gasteiger partial charge in [-0.15, -0.1) is 0 Å². The second-order valence-electron chi connectivity index (χ2n) is 3.16. The van der Waals surface area contributed by atoms with Gasteiger partial charge in [0.1, 0.15) is 0 Å². The first kappa shape index (κ1) is 9.27. The summed E-state index contributed by atoms with van der Waals surface area (Å²) in [7, 11) is 0. The quantitative estimate of drug-likeness (QED) is 0.822. The molecule has 3 nitrogen and oxygen atoms in total. The van der Waals surface area contributed by atoms with Crippen molar-refractivity contribution in [3.05, 3.63) is 22.5 Å². The summed E-state index contributed by atoms with van der Waals surface area (Å²) in [4.78, 5) is 4.28. The topological polar surface area (TPSA) is 43.8 Å². The van der Waals surface area contributed by atoms with Gasteiger partial charge < -0.3 is 10.3 Å². The van der Waals surface area contributed by atoms with E-state index in [1.807, 2.05) is 11.5 Å². The van der Waals surface area contributed by atoms with Gasteiger partial charge in [-0.2, -0.15) is 11.3 Å². The molecule has 2 aromatic heterocycles. The lowest BCUT2D eigenvalue weighted by Crippen LogP contribution is -2.02. The molecule has 0 aliphatic carbocycles. The van der Waals surface area contributed by atoms with Crippen LogP contribution in [0.5, 0.6) is 0 Å². The summed E-state index contributed by atoms with van der Waals surface area (Å²) in [5, 5.41) is 4.19. The monoisotopic (exact) mass is 207 g/mol. The molecule has 0 radical (unpaired) electrons. The summed E-state index contributed by atoms with van der Waals surface area (Å²) in [6.45, 7) is 4.93. The Kier molecular flexibility index (Phi) is 2.29. The molecule has 0 amide bonds. The minimum absolute atomic E-state index is 0.603. The van der Waals surface area contributed by atoms with Crippen LogP contribution in [-0.4, -0.2) is 9.55 Å². The van der Waals surface area contributed by atoms with Crippen LogP contribution < -0.4 is 5.73 Å². The van der Waals surface area contributed by atoms with Crippen LogP contribution in [-0.2, 0) is 6.54 Å². The average molecular weight is 207 g/mol. The number of rotatable bonds is 2. The van der Waals surface area contributed by atoms with E-state index in [0.717, 1.165) is 17.9 Å². The van der Waals surface area contributed by atoms with Gasteiger partial charge in [0.05, 0.1) is 11.4 Å². The van der Waals surface area contributed by atoms with E-state index in [-0.39, 0.29) is 0 Å². The van der Waals surface area contributed by atoms with Crippen molar-refractivity contribution in [2.45, 2.75) is 20.4 Å². The van der Waals surface area contributed by atoms with Crippen molar-refractivity contribution in [1.29, 1.82) is 0 Å². The van der Waals surface area contributed by atoms with Gasteiger partial charge in [0.15, 0.2) is 0 Å². The van der Waals surface area contributed by atoms with Crippen LogP contribution in [0.2, 0.25) is 0 Å². The van der Waals surface area contributed by atoms with E-state index in [1.165, 1.54) is 5.56 Å². The first-order valence-electron chi connectivity index (χ1n) is 4.59. The fourth-order valence-corrected chi connectivity index (χ4v) is 2.32. The summed E-state index contributed by atoms with van der Waals surface area (Å²) in [5.41, 5.74) is 9.17. The molecule has 14 heavy (non-hydrogen) atoms. The largest absolute Gasteiger partial charge is 0.369 e. The number of thiophene rings is 1. The number of aromatic nitrogens is 2. The zero-order valence-electron chi connectivity index (χ0n) is 8.32. The molecule has 2 N–H and O–H groups in total. The fraction of sp³-hybridized carbons (Fsp3) is 0.300. The molecule has 2 heterocycles. The number of imidazole rings is 1. The molecule has 0 fully saturated rings. The molecule has 0 atom stereocenters. The SMILES string of the molecule is CCn1c(N)nc(C)c1-c1ccsc1. The highest BCUT2D eigenvalue weighted by atomic mass is 32.1. The van der Waals surface area contributed by atoms with Crippen LogP contribution in [0, 0.1) is 6.92 Å². The molecule has 0 spiro atoms. The number of aryl methyl sites for hydroxylation is 1. The van der Waals surface area contributed by atoms with Crippen molar-refractivity contribution in [2.75, 3.05) is 5.73 Å². The van der Waals surface area contributed by atoms with E-state index in [1.54, 1.807) is 11.3 Å². The Labute approximate surface area is 87.2 Å². The average Bonchev–Trinajstić information content (AvgIpc) is 2.72. The predicted octanol–water partition coefficient (Wildman–Crippen LogP) is 2.52. The second kappa shape index (κ2) is 3.46. The van der Waals surface area contributed by atoms with Gasteiger partial charge in [-0.1, -0.05) is 0 Å². The van der Waals surface area contributed by atoms with E-state index >= 15 is 0 Å². The number of nitrogens with zero attached hydrogens (tertiary/aromatic N) is 2. The first-order valence-corrected chi connectivity index (χ1v) is 5.53. The zero-order chi connectivity index (χ0) is 10.1. The van der Waals surface area contributed by atoms with Crippen molar-refractivity contribution in [3.63, 3.8) is 0 Å². The number of nitrogens with two attached hydrogens (primary N) is 1. The molecule has 0 bridgehead atoms. The Bertz CT molecular complexity index is 428. The van der Waals surface area contributed by atoms with E-state index in [2.05, 4.69) is 28.7 Å². The van der Waals surface area contributed by atoms with Crippen LogP contribution in [0.1, 0.15) is 12.6 Å². The summed E-state index contributed by atoms with van der Waals surface area (Å²) in [6.07, 6.45) is 0. The van der Waals surface area contributed by atoms with Crippen LogP contribution >= 0.6 is 11.3 Å². The highest BCUT2D eigenvalue weighted by molar-refractivity contribution is 7.08. The normalized spacial score (nSPS) is 10.7. The first-order chi connectivity index (χ1) is 6.74. The number of hydrogen-bond donors (Lipinski definition) is 1. The maximum Gasteiger partial charge on any atom is 0.200 e. The molecule has 0 unspecified atom stereocenters. The predicted molar refractivity (Wildman–Crippen MR) is 60.4 cm³/mol. The molecule has 2 aromatic rings. The second-order valence-corrected chi connectivity index (χ2v) is 3.94. The number of hydrogen-bond acceptors (Lipinski definition) is 3. The highest BCUT2D eigenvalue weighted by Gasteiger charge is 2.12. The minimum atomic E-state index is 0.603. The van der Waals surface area contributed by atoms with Gasteiger partial charge in [0.2, 0.25) is 5.95 Å². The Morgan fingerprint density at radius 3 is 2.93 bits per heavy atom. The molecule has 74 valence electrons. The van der Waals surface area contributed by atoms with Crippen molar-refractivity contribution in [2.24, 2.45) is 0 Å². The number of anilines is 1. The molecule has 0 saturated heterocycles. The van der Waals surface area contributed by atoms with Crippen LogP contribution in [0.25, 0.3) is 11.3 Å². The summed E-state index contributed by atoms with van der Waals surface area (Å²) >= 11 is 1.69. The molecule has 0 saturated carbocycles. The van der Waals surface area contributed by atoms with Gasteiger partial charge in [-0.05, 0) is 25.3 Å². The van der Waals surface area contributed by atoms with E-state index < -0.39 is 0 Å². The molecule has 0 aliphatic rings. The fourth-order valence-electron chi connectivity index (χ4n) is 1.68. The number of nitrogen functional groups attached to an aromatic ring is 1. The maximum absolute atomic E-state index is 5.81. The lowest BCUT2D eigenvalue weighted by atomic mass is 10.2. The lowest BCUT2D eigenvalue weighted by molar-refractivity contribution is 0.781. The smallest absolute Gasteiger partial charge is 0.200 e. The third-order valence-electron chi connectivity index (χ3n) is 2.28. The van der Waals surface area contributed by atoms with Crippen molar-refractivity contribution in [1.82, 2.24) is 9.55 Å². The van der Waals surface area contributed by atoms with Crippen LogP contribution in [0.15, 0.2) is 16.8 Å². The molecular formula is C10H13N3S. The van der Waals surface area contributed by atoms with Gasteiger partial charge >= 0.3 is 0 Å². The van der Waals surface area contributed by atoms with E-state index in [4.69, 9.17) is 5.73 Å². The Balaban J connectivity index is 2.62. The molecule has 0 aliphatic heterocycles. The minimum Gasteiger partial charge on any atom is -0.369 e. The lowest BCUT2D eigenvalue weighted by Gasteiger charge is -2.05. The molecule has 4 heteroatoms. The van der Waals surface area contributed by atoms with Gasteiger partial charge in [-0.3, -0.25) is 0 Å². The molecular weight excluding hydrogens is 194 g/mol. The van der Waals surface area contributed by atoms with Crippen LogP contribution in [0.3, 0.4) is 0 Å². The summed E-state index contributed by atoms with van der Waals surface area (Å²) < 4.78 is 2.04. The maximum atomic E-state index is 5.81. The van der Waals surface area contributed by atoms with Crippen molar-refractivity contribution in [3.8, 4) is 11.3 Å². The van der Waals surface area contributed by atoms with E-state index in [0.29, 0.717) is 5.95 Å². The summed E-state index contributed by atoms with van der Waals surface area (Å²) in [6, 6.07) is 2.10. The Hall–Kier alpha value is -1.29. The summed E-state index contributed by atoms with van der Waals surface area (Å²) in [5.74, 6) is 0.603. The Morgan fingerprint density at radius 1 is 1.57 bits per heavy atom. The van der Waals surface area contributed by atoms with Crippen LogP contribution in [0.4, 0.5) is 5.95 Å². The van der Waals surface area contributed by atoms with Gasteiger partial charge in [0.25, 0.3) is 0 Å². The third-order valence-corrected chi connectivity index (χ3v) is 2.97. The standard InChI is InChI=1S/C10H13N3S/c1-3-13-9(7(2)12-10(13)11)8-4-5-14-6-8/h4-6H,3H2,1-2H3,(H2,11,12). The van der Waals surface area contributed by atoms with Crippen molar-refractivity contribution >= 4 is 17.3 Å². The van der Waals surface area contributed by atoms with Gasteiger partial charge in [-0.25, -0.2) is 4.98 Å². The highest BCUT2D eigenvalue weighted by Crippen LogP contribution is 2.27. The zero-order valence-corrected chi connectivity index (χ0v) is 9.14. The van der Waals surface area contributed by atoms with E-state index in [9.17, 15) is 0 Å².